The van der Waals surface area contributed by atoms with Crippen LogP contribution < -0.4 is 5.32 Å². The van der Waals surface area contributed by atoms with Crippen LogP contribution in [0.15, 0.2) is 46.9 Å². The molecule has 0 spiro atoms. The Morgan fingerprint density at radius 2 is 2.17 bits per heavy atom. The predicted molar refractivity (Wildman–Crippen MR) is 69.2 cm³/mol. The van der Waals surface area contributed by atoms with Gasteiger partial charge in [0.1, 0.15) is 17.3 Å². The van der Waals surface area contributed by atoms with Crippen molar-refractivity contribution in [3.63, 3.8) is 0 Å². The molecule has 0 atom stereocenters. The highest BCUT2D eigenvalue weighted by Crippen LogP contribution is 2.15. The molecule has 4 nitrogen and oxygen atoms in total. The topological polar surface area (TPSA) is 62.5 Å². The fourth-order valence-corrected chi connectivity index (χ4v) is 1.47. The van der Waals surface area contributed by atoms with Gasteiger partial charge in [0, 0.05) is 17.8 Å². The molecule has 0 fully saturated rings. The molecule has 1 aromatic carbocycles. The highest BCUT2D eigenvalue weighted by Gasteiger charge is 1.99. The largest absolute Gasteiger partial charge is 0.508 e. The first-order chi connectivity index (χ1) is 8.63. The molecule has 0 bridgehead atoms. The first-order valence-electron chi connectivity index (χ1n) is 5.48. The summed E-state index contributed by atoms with van der Waals surface area (Å²) >= 11 is 0. The van der Waals surface area contributed by atoms with E-state index in [1.165, 1.54) is 18.2 Å². The highest BCUT2D eigenvalue weighted by molar-refractivity contribution is 6.01. The molecule has 2 N–H and O–H groups in total. The molecular formula is C14H13NO3. The van der Waals surface area contributed by atoms with Gasteiger partial charge in [-0.05, 0) is 37.3 Å². The number of benzene rings is 1. The van der Waals surface area contributed by atoms with Crippen molar-refractivity contribution in [3.05, 3.63) is 54.0 Å². The van der Waals surface area contributed by atoms with Gasteiger partial charge < -0.3 is 14.8 Å². The van der Waals surface area contributed by atoms with Crippen molar-refractivity contribution in [2.24, 2.45) is 0 Å². The summed E-state index contributed by atoms with van der Waals surface area (Å²) in [5.74, 6) is 1.25. The van der Waals surface area contributed by atoms with E-state index in [0.29, 0.717) is 11.4 Å². The number of hydrogen-bond acceptors (Lipinski definition) is 3. The van der Waals surface area contributed by atoms with Crippen LogP contribution in [-0.2, 0) is 4.79 Å². The number of phenolic OH excluding ortho intramolecular Hbond substituents is 1. The smallest absolute Gasteiger partial charge is 0.248 e. The van der Waals surface area contributed by atoms with Crippen molar-refractivity contribution in [3.8, 4) is 5.75 Å². The van der Waals surface area contributed by atoms with E-state index in [1.54, 1.807) is 24.3 Å². The van der Waals surface area contributed by atoms with Crippen LogP contribution in [0.1, 0.15) is 11.5 Å². The van der Waals surface area contributed by atoms with Gasteiger partial charge in [-0.25, -0.2) is 0 Å². The monoisotopic (exact) mass is 243 g/mol. The van der Waals surface area contributed by atoms with Gasteiger partial charge in [-0.1, -0.05) is 6.07 Å². The number of furan rings is 1. The van der Waals surface area contributed by atoms with Crippen LogP contribution in [0.4, 0.5) is 5.69 Å². The molecule has 18 heavy (non-hydrogen) atoms. The number of hydrogen-bond donors (Lipinski definition) is 2. The Labute approximate surface area is 105 Å². The van der Waals surface area contributed by atoms with Crippen LogP contribution in [0.2, 0.25) is 0 Å². The quantitative estimate of drug-likeness (QED) is 0.815. The lowest BCUT2D eigenvalue weighted by Crippen LogP contribution is -2.07. The standard InChI is InChI=1S/C14H13NO3/c1-10-5-6-13(18-10)7-8-14(17)15-11-3-2-4-12(16)9-11/h2-9,16H,1H3,(H,15,17)/b8-7+. The van der Waals surface area contributed by atoms with Gasteiger partial charge in [0.25, 0.3) is 0 Å². The number of nitrogens with one attached hydrogen (secondary N) is 1. The van der Waals surface area contributed by atoms with Crippen molar-refractivity contribution in [2.75, 3.05) is 5.32 Å². The zero-order valence-electron chi connectivity index (χ0n) is 9.88. The molecule has 0 aliphatic heterocycles. The molecule has 0 saturated carbocycles. The Balaban J connectivity index is 1.98. The molecule has 4 heteroatoms. The van der Waals surface area contributed by atoms with Crippen LogP contribution >= 0.6 is 0 Å². The Morgan fingerprint density at radius 1 is 1.33 bits per heavy atom. The number of phenols is 1. The molecular weight excluding hydrogens is 230 g/mol. The molecule has 1 amide bonds. The van der Waals surface area contributed by atoms with Gasteiger partial charge in [-0.3, -0.25) is 4.79 Å². The summed E-state index contributed by atoms with van der Waals surface area (Å²) in [5.41, 5.74) is 0.542. The Hall–Kier alpha value is -2.49. The minimum absolute atomic E-state index is 0.110. The number of aromatic hydroxyl groups is 1. The Kier molecular flexibility index (Phi) is 3.48. The first-order valence-corrected chi connectivity index (χ1v) is 5.48. The van der Waals surface area contributed by atoms with Crippen molar-refractivity contribution in [2.45, 2.75) is 6.92 Å². The number of amides is 1. The van der Waals surface area contributed by atoms with E-state index < -0.39 is 0 Å². The van der Waals surface area contributed by atoms with Crippen LogP contribution in [0.25, 0.3) is 6.08 Å². The van der Waals surface area contributed by atoms with Crippen molar-refractivity contribution in [1.82, 2.24) is 0 Å². The summed E-state index contributed by atoms with van der Waals surface area (Å²) in [5, 5.41) is 11.9. The lowest BCUT2D eigenvalue weighted by Gasteiger charge is -2.01. The third kappa shape index (κ3) is 3.25. The average molecular weight is 243 g/mol. The maximum Gasteiger partial charge on any atom is 0.248 e. The van der Waals surface area contributed by atoms with Gasteiger partial charge in [0.15, 0.2) is 0 Å². The van der Waals surface area contributed by atoms with Gasteiger partial charge in [-0.2, -0.15) is 0 Å². The molecule has 0 unspecified atom stereocenters. The second kappa shape index (κ2) is 5.23. The molecule has 92 valence electrons. The third-order valence-corrected chi connectivity index (χ3v) is 2.27. The number of anilines is 1. The second-order valence-electron chi connectivity index (χ2n) is 3.82. The Bertz CT molecular complexity index is 584. The molecule has 0 aliphatic rings. The van der Waals surface area contributed by atoms with Gasteiger partial charge in [0.05, 0.1) is 0 Å². The lowest BCUT2D eigenvalue weighted by molar-refractivity contribution is -0.111. The predicted octanol–water partition coefficient (Wildman–Crippen LogP) is 2.95. The van der Waals surface area contributed by atoms with Gasteiger partial charge >= 0.3 is 0 Å². The van der Waals surface area contributed by atoms with E-state index in [0.717, 1.165) is 5.76 Å². The summed E-state index contributed by atoms with van der Waals surface area (Å²) in [6.07, 6.45) is 2.97. The second-order valence-corrected chi connectivity index (χ2v) is 3.82. The zero-order chi connectivity index (χ0) is 13.0. The Morgan fingerprint density at radius 3 is 2.83 bits per heavy atom. The van der Waals surface area contributed by atoms with Crippen molar-refractivity contribution >= 4 is 17.7 Å². The van der Waals surface area contributed by atoms with Crippen molar-refractivity contribution < 1.29 is 14.3 Å². The summed E-state index contributed by atoms with van der Waals surface area (Å²) < 4.78 is 5.30. The van der Waals surface area contributed by atoms with E-state index in [9.17, 15) is 9.90 Å². The van der Waals surface area contributed by atoms with E-state index in [-0.39, 0.29) is 11.7 Å². The van der Waals surface area contributed by atoms with E-state index >= 15 is 0 Å². The number of rotatable bonds is 3. The minimum atomic E-state index is -0.283. The first kappa shape index (κ1) is 12.0. The summed E-state index contributed by atoms with van der Waals surface area (Å²) in [6.45, 7) is 1.84. The van der Waals surface area contributed by atoms with Gasteiger partial charge in [-0.15, -0.1) is 0 Å². The molecule has 2 rings (SSSR count). The summed E-state index contributed by atoms with van der Waals surface area (Å²) in [7, 11) is 0. The number of carbonyl (C=O) groups excluding carboxylic acids is 1. The van der Waals surface area contributed by atoms with Crippen LogP contribution in [0.3, 0.4) is 0 Å². The average Bonchev–Trinajstić information content (AvgIpc) is 2.73. The summed E-state index contributed by atoms with van der Waals surface area (Å²) in [6, 6.07) is 9.98. The maximum absolute atomic E-state index is 11.6. The van der Waals surface area contributed by atoms with E-state index in [2.05, 4.69) is 5.32 Å². The summed E-state index contributed by atoms with van der Waals surface area (Å²) in [4.78, 5) is 11.6. The molecule has 2 aromatic rings. The molecule has 0 saturated heterocycles. The fraction of sp³-hybridized carbons (Fsp3) is 0.0714. The minimum Gasteiger partial charge on any atom is -0.508 e. The third-order valence-electron chi connectivity index (χ3n) is 2.27. The maximum atomic E-state index is 11.6. The van der Waals surface area contributed by atoms with Crippen LogP contribution in [0.5, 0.6) is 5.75 Å². The molecule has 0 aliphatic carbocycles. The molecule has 1 heterocycles. The van der Waals surface area contributed by atoms with E-state index in [4.69, 9.17) is 4.42 Å². The van der Waals surface area contributed by atoms with E-state index in [1.807, 2.05) is 13.0 Å². The normalized spacial score (nSPS) is 10.7. The zero-order valence-corrected chi connectivity index (χ0v) is 9.88. The van der Waals surface area contributed by atoms with Gasteiger partial charge in [0.2, 0.25) is 5.91 Å². The number of aryl methyl sites for hydroxylation is 1. The molecule has 0 radical (unpaired) electrons. The SMILES string of the molecule is Cc1ccc(/C=C/C(=O)Nc2cccc(O)c2)o1. The van der Waals surface area contributed by atoms with Crippen LogP contribution in [-0.4, -0.2) is 11.0 Å². The number of carbonyl (C=O) groups is 1. The fourth-order valence-electron chi connectivity index (χ4n) is 1.47. The molecule has 1 aromatic heterocycles. The van der Waals surface area contributed by atoms with Crippen LogP contribution in [0, 0.1) is 6.92 Å². The highest BCUT2D eigenvalue weighted by atomic mass is 16.3. The van der Waals surface area contributed by atoms with Crippen molar-refractivity contribution in [1.29, 1.82) is 0 Å². The lowest BCUT2D eigenvalue weighted by atomic mass is 10.3.